The molecule has 0 saturated heterocycles. The molecule has 1 atom stereocenters. The minimum absolute atomic E-state index is 0.0161. The molecule has 19 heavy (non-hydrogen) atoms. The van der Waals surface area contributed by atoms with E-state index in [4.69, 9.17) is 0 Å². The molecule has 3 nitrogen and oxygen atoms in total. The monoisotopic (exact) mass is 318 g/mol. The van der Waals surface area contributed by atoms with E-state index in [-0.39, 0.29) is 5.91 Å². The van der Waals surface area contributed by atoms with E-state index in [0.717, 1.165) is 10.9 Å². The highest BCUT2D eigenvalue weighted by atomic mass is 79.9. The summed E-state index contributed by atoms with van der Waals surface area (Å²) in [6, 6.07) is 10.3. The molecular formula is C15H15BrN2O. The van der Waals surface area contributed by atoms with Crippen LogP contribution in [-0.2, 0) is 13.5 Å². The first-order valence-corrected chi connectivity index (χ1v) is 7.12. The molecule has 2 aromatic rings. The quantitative estimate of drug-likeness (QED) is 0.927. The van der Waals surface area contributed by atoms with Gasteiger partial charge in [-0.3, -0.25) is 4.79 Å². The molecule has 1 N–H and O–H groups in total. The zero-order valence-electron chi connectivity index (χ0n) is 10.7. The maximum atomic E-state index is 12.1. The van der Waals surface area contributed by atoms with Gasteiger partial charge < -0.3 is 9.88 Å². The standard InChI is InChI=1S/C15H15BrN2O/c1-18-9-12(16)7-14(18)15(19)17-8-11-6-10-4-2-3-5-13(10)11/h2-5,7,9,11H,6,8H2,1H3,(H,17,19). The predicted octanol–water partition coefficient (Wildman–Crippen LogP) is 2.86. The number of carbonyl (C=O) groups excluding carboxylic acids is 1. The lowest BCUT2D eigenvalue weighted by atomic mass is 9.77. The van der Waals surface area contributed by atoms with Gasteiger partial charge in [0.1, 0.15) is 5.69 Å². The summed E-state index contributed by atoms with van der Waals surface area (Å²) in [5, 5.41) is 3.02. The molecule has 0 saturated carbocycles. The van der Waals surface area contributed by atoms with Crippen LogP contribution in [0.25, 0.3) is 0 Å². The minimum Gasteiger partial charge on any atom is -0.350 e. The molecule has 0 fully saturated rings. The number of amides is 1. The summed E-state index contributed by atoms with van der Waals surface area (Å²) in [5.41, 5.74) is 3.46. The van der Waals surface area contributed by atoms with Crippen molar-refractivity contribution in [1.82, 2.24) is 9.88 Å². The number of carbonyl (C=O) groups is 1. The third kappa shape index (κ3) is 2.32. The molecule has 4 heteroatoms. The highest BCUT2D eigenvalue weighted by Gasteiger charge is 2.25. The third-order valence-electron chi connectivity index (χ3n) is 3.67. The Morgan fingerprint density at radius 1 is 1.47 bits per heavy atom. The van der Waals surface area contributed by atoms with E-state index in [0.29, 0.717) is 18.2 Å². The topological polar surface area (TPSA) is 34.0 Å². The number of hydrogen-bond donors (Lipinski definition) is 1. The minimum atomic E-state index is -0.0161. The van der Waals surface area contributed by atoms with E-state index in [1.807, 2.05) is 23.9 Å². The van der Waals surface area contributed by atoms with Gasteiger partial charge in [-0.25, -0.2) is 0 Å². The Balaban J connectivity index is 1.62. The molecule has 1 aliphatic rings. The van der Waals surface area contributed by atoms with E-state index in [9.17, 15) is 4.79 Å². The van der Waals surface area contributed by atoms with Gasteiger partial charge >= 0.3 is 0 Å². The summed E-state index contributed by atoms with van der Waals surface area (Å²) >= 11 is 3.38. The van der Waals surface area contributed by atoms with Gasteiger partial charge in [0.15, 0.2) is 0 Å². The second-order valence-corrected chi connectivity index (χ2v) is 5.88. The van der Waals surface area contributed by atoms with Gasteiger partial charge in [0.05, 0.1) is 0 Å². The molecule has 0 bridgehead atoms. The number of benzene rings is 1. The van der Waals surface area contributed by atoms with Crippen LogP contribution in [0.15, 0.2) is 41.0 Å². The van der Waals surface area contributed by atoms with Gasteiger partial charge in [-0.1, -0.05) is 24.3 Å². The third-order valence-corrected chi connectivity index (χ3v) is 4.11. The lowest BCUT2D eigenvalue weighted by Crippen LogP contribution is -2.33. The van der Waals surface area contributed by atoms with Crippen LogP contribution in [0.2, 0.25) is 0 Å². The Morgan fingerprint density at radius 2 is 2.26 bits per heavy atom. The van der Waals surface area contributed by atoms with Crippen LogP contribution in [0.5, 0.6) is 0 Å². The zero-order valence-corrected chi connectivity index (χ0v) is 12.3. The Kier molecular flexibility index (Phi) is 3.19. The van der Waals surface area contributed by atoms with Crippen molar-refractivity contribution < 1.29 is 4.79 Å². The Bertz CT molecular complexity index is 633. The summed E-state index contributed by atoms with van der Waals surface area (Å²) in [5.74, 6) is 0.446. The van der Waals surface area contributed by atoms with E-state index in [1.54, 1.807) is 0 Å². The lowest BCUT2D eigenvalue weighted by Gasteiger charge is -2.30. The summed E-state index contributed by atoms with van der Waals surface area (Å²) in [4.78, 5) is 12.1. The lowest BCUT2D eigenvalue weighted by molar-refractivity contribution is 0.0942. The molecule has 98 valence electrons. The average Bonchev–Trinajstić information content (AvgIpc) is 2.69. The van der Waals surface area contributed by atoms with Crippen LogP contribution in [-0.4, -0.2) is 17.0 Å². The summed E-state index contributed by atoms with van der Waals surface area (Å²) in [7, 11) is 1.87. The van der Waals surface area contributed by atoms with Crippen molar-refractivity contribution in [3.05, 3.63) is 57.8 Å². The molecular weight excluding hydrogens is 304 g/mol. The van der Waals surface area contributed by atoms with E-state index in [2.05, 4.69) is 45.5 Å². The maximum Gasteiger partial charge on any atom is 0.267 e. The van der Waals surface area contributed by atoms with Crippen molar-refractivity contribution in [1.29, 1.82) is 0 Å². The molecule has 0 aliphatic heterocycles. The van der Waals surface area contributed by atoms with Crippen molar-refractivity contribution in [2.24, 2.45) is 7.05 Å². The molecule has 1 unspecified atom stereocenters. The smallest absolute Gasteiger partial charge is 0.267 e. The van der Waals surface area contributed by atoms with Crippen LogP contribution in [0, 0.1) is 0 Å². The zero-order chi connectivity index (χ0) is 13.4. The molecule has 0 spiro atoms. The summed E-state index contributed by atoms with van der Waals surface area (Å²) in [6.45, 7) is 0.707. The molecule has 1 aliphatic carbocycles. The highest BCUT2D eigenvalue weighted by molar-refractivity contribution is 9.10. The Morgan fingerprint density at radius 3 is 2.95 bits per heavy atom. The fourth-order valence-electron chi connectivity index (χ4n) is 2.60. The van der Waals surface area contributed by atoms with Gasteiger partial charge in [-0.2, -0.15) is 0 Å². The van der Waals surface area contributed by atoms with Crippen LogP contribution in [0.1, 0.15) is 27.5 Å². The first-order chi connectivity index (χ1) is 9.15. The first kappa shape index (κ1) is 12.5. The molecule has 1 aromatic heterocycles. The fourth-order valence-corrected chi connectivity index (χ4v) is 3.13. The number of nitrogens with zero attached hydrogens (tertiary/aromatic N) is 1. The Labute approximate surface area is 120 Å². The van der Waals surface area contributed by atoms with Crippen LogP contribution in [0.3, 0.4) is 0 Å². The summed E-state index contributed by atoms with van der Waals surface area (Å²) in [6.07, 6.45) is 2.95. The molecule has 0 radical (unpaired) electrons. The molecule has 3 rings (SSSR count). The first-order valence-electron chi connectivity index (χ1n) is 6.33. The number of hydrogen-bond acceptors (Lipinski definition) is 1. The van der Waals surface area contributed by atoms with E-state index < -0.39 is 0 Å². The number of rotatable bonds is 3. The predicted molar refractivity (Wildman–Crippen MR) is 78.3 cm³/mol. The van der Waals surface area contributed by atoms with Crippen molar-refractivity contribution in [2.75, 3.05) is 6.54 Å². The number of halogens is 1. The van der Waals surface area contributed by atoms with Crippen molar-refractivity contribution in [3.8, 4) is 0 Å². The average molecular weight is 319 g/mol. The van der Waals surface area contributed by atoms with Gasteiger partial charge in [0.2, 0.25) is 0 Å². The summed E-state index contributed by atoms with van der Waals surface area (Å²) < 4.78 is 2.75. The van der Waals surface area contributed by atoms with Crippen LogP contribution < -0.4 is 5.32 Å². The highest BCUT2D eigenvalue weighted by Crippen LogP contribution is 2.34. The molecule has 1 heterocycles. The Hall–Kier alpha value is -1.55. The maximum absolute atomic E-state index is 12.1. The largest absolute Gasteiger partial charge is 0.350 e. The van der Waals surface area contributed by atoms with Gasteiger partial charge in [0, 0.05) is 30.2 Å². The van der Waals surface area contributed by atoms with E-state index >= 15 is 0 Å². The van der Waals surface area contributed by atoms with Crippen molar-refractivity contribution in [2.45, 2.75) is 12.3 Å². The van der Waals surface area contributed by atoms with Crippen LogP contribution in [0.4, 0.5) is 0 Å². The van der Waals surface area contributed by atoms with E-state index in [1.165, 1.54) is 11.1 Å². The number of fused-ring (bicyclic) bond motifs is 1. The molecule has 1 amide bonds. The molecule has 1 aromatic carbocycles. The van der Waals surface area contributed by atoms with Crippen molar-refractivity contribution in [3.63, 3.8) is 0 Å². The number of aromatic nitrogens is 1. The second-order valence-electron chi connectivity index (χ2n) is 4.96. The van der Waals surface area contributed by atoms with Crippen molar-refractivity contribution >= 4 is 21.8 Å². The van der Waals surface area contributed by atoms with Gasteiger partial charge in [-0.15, -0.1) is 0 Å². The fraction of sp³-hybridized carbons (Fsp3) is 0.267. The normalized spacial score (nSPS) is 16.6. The van der Waals surface area contributed by atoms with Crippen LogP contribution >= 0.6 is 15.9 Å². The number of nitrogens with one attached hydrogen (secondary N) is 1. The second kappa shape index (κ2) is 4.85. The van der Waals surface area contributed by atoms with Gasteiger partial charge in [0.25, 0.3) is 5.91 Å². The SMILES string of the molecule is Cn1cc(Br)cc1C(=O)NCC1Cc2ccccc21. The number of aryl methyl sites for hydroxylation is 1. The van der Waals surface area contributed by atoms with Gasteiger partial charge in [-0.05, 0) is 39.5 Å².